The minimum Gasteiger partial charge on any atom is -0.0654 e. The van der Waals surface area contributed by atoms with Gasteiger partial charge in [0.25, 0.3) is 0 Å². The molecule has 0 unspecified atom stereocenters. The van der Waals surface area contributed by atoms with E-state index in [1.807, 2.05) is 0 Å². The van der Waals surface area contributed by atoms with Crippen LogP contribution in [-0.2, 0) is 0 Å². The maximum atomic E-state index is 2.52. The van der Waals surface area contributed by atoms with Crippen molar-refractivity contribution in [2.24, 2.45) is 11.3 Å². The molecular formula is C13H26. The van der Waals surface area contributed by atoms with Crippen LogP contribution in [0.5, 0.6) is 0 Å². The van der Waals surface area contributed by atoms with Gasteiger partial charge in [-0.05, 0) is 24.2 Å². The zero-order valence-corrected chi connectivity index (χ0v) is 9.73. The molecule has 78 valence electrons. The van der Waals surface area contributed by atoms with E-state index in [4.69, 9.17) is 0 Å². The lowest BCUT2D eigenvalue weighted by Gasteiger charge is -2.40. The molecule has 0 aromatic heterocycles. The fraction of sp³-hybridized carbons (Fsp3) is 1.00. The summed E-state index contributed by atoms with van der Waals surface area (Å²) in [5.74, 6) is 0.970. The Kier molecular flexibility index (Phi) is 4.28. The van der Waals surface area contributed by atoms with Gasteiger partial charge in [-0.25, -0.2) is 0 Å². The first-order chi connectivity index (χ1) is 6.19. The van der Waals surface area contributed by atoms with Gasteiger partial charge in [0.15, 0.2) is 0 Å². The maximum absolute atomic E-state index is 2.52. The normalized spacial score (nSPS) is 34.8. The topological polar surface area (TPSA) is 0 Å². The molecule has 0 aliphatic heterocycles. The standard InChI is InChI=1S/C13H26/c1-4-5-7-10-13(3)11-8-6-9-12(13)2/h12H,4-11H2,1-3H3/t12-,13-/m0/s1. The average molecular weight is 182 g/mol. The van der Waals surface area contributed by atoms with Crippen LogP contribution in [-0.4, -0.2) is 0 Å². The van der Waals surface area contributed by atoms with Crippen LogP contribution in [0.1, 0.15) is 72.1 Å². The summed E-state index contributed by atoms with van der Waals surface area (Å²) in [4.78, 5) is 0. The van der Waals surface area contributed by atoms with Gasteiger partial charge in [0.2, 0.25) is 0 Å². The predicted octanol–water partition coefficient (Wildman–Crippen LogP) is 4.78. The van der Waals surface area contributed by atoms with Crippen LogP contribution in [0.15, 0.2) is 0 Å². The molecule has 1 fully saturated rings. The van der Waals surface area contributed by atoms with Gasteiger partial charge in [0.1, 0.15) is 0 Å². The molecule has 2 atom stereocenters. The Balaban J connectivity index is 2.33. The Labute approximate surface area is 84.1 Å². The Morgan fingerprint density at radius 2 is 2.00 bits per heavy atom. The Morgan fingerprint density at radius 3 is 2.62 bits per heavy atom. The molecule has 1 aliphatic rings. The second-order valence-corrected chi connectivity index (χ2v) is 5.26. The zero-order chi connectivity index (χ0) is 9.73. The van der Waals surface area contributed by atoms with E-state index in [1.165, 1.54) is 51.4 Å². The van der Waals surface area contributed by atoms with Gasteiger partial charge in [-0.3, -0.25) is 0 Å². The largest absolute Gasteiger partial charge is 0.0654 e. The third kappa shape index (κ3) is 3.00. The van der Waals surface area contributed by atoms with Crippen molar-refractivity contribution in [3.05, 3.63) is 0 Å². The van der Waals surface area contributed by atoms with E-state index in [9.17, 15) is 0 Å². The lowest BCUT2D eigenvalue weighted by atomic mass is 9.66. The zero-order valence-electron chi connectivity index (χ0n) is 9.73. The van der Waals surface area contributed by atoms with Gasteiger partial charge in [0.05, 0.1) is 0 Å². The second-order valence-electron chi connectivity index (χ2n) is 5.26. The van der Waals surface area contributed by atoms with Crippen LogP contribution < -0.4 is 0 Å². The van der Waals surface area contributed by atoms with Crippen molar-refractivity contribution >= 4 is 0 Å². The minimum absolute atomic E-state index is 0.688. The van der Waals surface area contributed by atoms with Gasteiger partial charge in [-0.1, -0.05) is 59.3 Å². The van der Waals surface area contributed by atoms with Crippen molar-refractivity contribution < 1.29 is 0 Å². The van der Waals surface area contributed by atoms with E-state index < -0.39 is 0 Å². The first kappa shape index (κ1) is 11.1. The molecule has 0 aromatic carbocycles. The van der Waals surface area contributed by atoms with Crippen molar-refractivity contribution in [3.63, 3.8) is 0 Å². The van der Waals surface area contributed by atoms with Crippen molar-refractivity contribution in [3.8, 4) is 0 Å². The highest BCUT2D eigenvalue weighted by molar-refractivity contribution is 4.83. The summed E-state index contributed by atoms with van der Waals surface area (Å²) in [7, 11) is 0. The third-order valence-electron chi connectivity index (χ3n) is 4.18. The van der Waals surface area contributed by atoms with Gasteiger partial charge in [-0.15, -0.1) is 0 Å². The summed E-state index contributed by atoms with van der Waals surface area (Å²) < 4.78 is 0. The summed E-state index contributed by atoms with van der Waals surface area (Å²) in [6, 6.07) is 0. The highest BCUT2D eigenvalue weighted by Crippen LogP contribution is 2.44. The van der Waals surface area contributed by atoms with E-state index in [-0.39, 0.29) is 0 Å². The summed E-state index contributed by atoms with van der Waals surface area (Å²) >= 11 is 0. The molecule has 13 heavy (non-hydrogen) atoms. The number of unbranched alkanes of at least 4 members (excludes halogenated alkanes) is 2. The lowest BCUT2D eigenvalue weighted by Crippen LogP contribution is -2.28. The Hall–Kier alpha value is 0. The van der Waals surface area contributed by atoms with E-state index in [1.54, 1.807) is 0 Å². The first-order valence-corrected chi connectivity index (χ1v) is 6.19. The fourth-order valence-corrected chi connectivity index (χ4v) is 2.72. The van der Waals surface area contributed by atoms with Crippen LogP contribution in [0.3, 0.4) is 0 Å². The van der Waals surface area contributed by atoms with Crippen LogP contribution in [0, 0.1) is 11.3 Å². The lowest BCUT2D eigenvalue weighted by molar-refractivity contribution is 0.114. The summed E-state index contributed by atoms with van der Waals surface area (Å²) in [6.45, 7) is 7.28. The molecular weight excluding hydrogens is 156 g/mol. The monoisotopic (exact) mass is 182 g/mol. The first-order valence-electron chi connectivity index (χ1n) is 6.19. The number of rotatable bonds is 4. The molecule has 1 aliphatic carbocycles. The molecule has 0 bridgehead atoms. The van der Waals surface area contributed by atoms with E-state index >= 15 is 0 Å². The molecule has 0 amide bonds. The highest BCUT2D eigenvalue weighted by Gasteiger charge is 2.32. The van der Waals surface area contributed by atoms with E-state index in [0.717, 1.165) is 5.92 Å². The Morgan fingerprint density at radius 1 is 1.23 bits per heavy atom. The molecule has 1 rings (SSSR count). The SMILES string of the molecule is CCCCC[C@@]1(C)CCCC[C@@H]1C. The fourth-order valence-electron chi connectivity index (χ4n) is 2.72. The highest BCUT2D eigenvalue weighted by atomic mass is 14.4. The molecule has 0 aromatic rings. The van der Waals surface area contributed by atoms with E-state index in [2.05, 4.69) is 20.8 Å². The third-order valence-corrected chi connectivity index (χ3v) is 4.18. The molecule has 0 radical (unpaired) electrons. The molecule has 0 N–H and O–H groups in total. The van der Waals surface area contributed by atoms with Crippen molar-refractivity contribution in [2.75, 3.05) is 0 Å². The van der Waals surface area contributed by atoms with Crippen molar-refractivity contribution in [1.29, 1.82) is 0 Å². The van der Waals surface area contributed by atoms with Crippen LogP contribution >= 0.6 is 0 Å². The van der Waals surface area contributed by atoms with Gasteiger partial charge in [0, 0.05) is 0 Å². The van der Waals surface area contributed by atoms with E-state index in [0.29, 0.717) is 5.41 Å². The predicted molar refractivity (Wildman–Crippen MR) is 59.9 cm³/mol. The van der Waals surface area contributed by atoms with Gasteiger partial charge >= 0.3 is 0 Å². The summed E-state index contributed by atoms with van der Waals surface area (Å²) in [5, 5.41) is 0. The van der Waals surface area contributed by atoms with Crippen molar-refractivity contribution in [2.45, 2.75) is 72.1 Å². The molecule has 0 nitrogen and oxygen atoms in total. The minimum atomic E-state index is 0.688. The average Bonchev–Trinajstić information content (AvgIpc) is 2.11. The molecule has 0 saturated heterocycles. The maximum Gasteiger partial charge on any atom is -0.0300 e. The van der Waals surface area contributed by atoms with Crippen molar-refractivity contribution in [1.82, 2.24) is 0 Å². The molecule has 0 heteroatoms. The second kappa shape index (κ2) is 5.02. The molecule has 0 heterocycles. The quantitative estimate of drug-likeness (QED) is 0.549. The Bertz CT molecular complexity index is 139. The van der Waals surface area contributed by atoms with Crippen LogP contribution in [0.4, 0.5) is 0 Å². The number of hydrogen-bond donors (Lipinski definition) is 0. The van der Waals surface area contributed by atoms with Crippen LogP contribution in [0.25, 0.3) is 0 Å². The van der Waals surface area contributed by atoms with Gasteiger partial charge in [-0.2, -0.15) is 0 Å². The number of hydrogen-bond acceptors (Lipinski definition) is 0. The summed E-state index contributed by atoms with van der Waals surface area (Å²) in [6.07, 6.45) is 11.6. The summed E-state index contributed by atoms with van der Waals surface area (Å²) in [5.41, 5.74) is 0.688. The molecule has 1 saturated carbocycles. The smallest absolute Gasteiger partial charge is 0.0300 e. The van der Waals surface area contributed by atoms with Crippen LogP contribution in [0.2, 0.25) is 0 Å². The molecule has 0 spiro atoms. The van der Waals surface area contributed by atoms with Gasteiger partial charge < -0.3 is 0 Å².